The van der Waals surface area contributed by atoms with E-state index in [1.165, 1.54) is 0 Å². The maximum absolute atomic E-state index is 11.8. The molecule has 0 bridgehead atoms. The van der Waals surface area contributed by atoms with Crippen LogP contribution in [0.25, 0.3) is 0 Å². The van der Waals surface area contributed by atoms with Crippen molar-refractivity contribution in [1.29, 1.82) is 0 Å². The molecule has 0 aromatic carbocycles. The minimum atomic E-state index is 0.0741. The largest absolute Gasteiger partial charge is 0.393 e. The third kappa shape index (κ3) is 3.39. The molecule has 1 aliphatic carbocycles. The fourth-order valence-electron chi connectivity index (χ4n) is 2.75. The Morgan fingerprint density at radius 1 is 1.35 bits per heavy atom. The quantitative estimate of drug-likeness (QED) is 0.740. The molecule has 1 amide bonds. The van der Waals surface area contributed by atoms with Crippen LogP contribution in [0.3, 0.4) is 0 Å². The van der Waals surface area contributed by atoms with Crippen molar-refractivity contribution in [2.45, 2.75) is 50.7 Å². The highest BCUT2D eigenvalue weighted by Crippen LogP contribution is 2.26. The molecule has 0 spiro atoms. The van der Waals surface area contributed by atoms with Crippen LogP contribution in [0.2, 0.25) is 0 Å². The van der Waals surface area contributed by atoms with E-state index in [9.17, 15) is 4.79 Å². The lowest BCUT2D eigenvalue weighted by Crippen LogP contribution is -2.42. The van der Waals surface area contributed by atoms with Gasteiger partial charge in [0.05, 0.1) is 17.5 Å². The maximum Gasteiger partial charge on any atom is 0.222 e. The highest BCUT2D eigenvalue weighted by molar-refractivity contribution is 7.80. The fraction of sp³-hybridized carbons (Fsp3) is 0.833. The van der Waals surface area contributed by atoms with Gasteiger partial charge < -0.3 is 15.8 Å². The molecule has 0 radical (unpaired) electrons. The number of nitrogens with one attached hydrogen (secondary N) is 1. The van der Waals surface area contributed by atoms with Gasteiger partial charge in [0.25, 0.3) is 0 Å². The minimum absolute atomic E-state index is 0.0741. The van der Waals surface area contributed by atoms with Crippen LogP contribution < -0.4 is 11.1 Å². The average Bonchev–Trinajstić information content (AvgIpc) is 2.88. The Morgan fingerprint density at radius 2 is 2.18 bits per heavy atom. The van der Waals surface area contributed by atoms with Crippen molar-refractivity contribution in [1.82, 2.24) is 5.32 Å². The fourth-order valence-corrected chi connectivity index (χ4v) is 3.03. The second-order valence-corrected chi connectivity index (χ2v) is 5.42. The first kappa shape index (κ1) is 12.8. The Morgan fingerprint density at radius 3 is 2.82 bits per heavy atom. The van der Waals surface area contributed by atoms with Gasteiger partial charge >= 0.3 is 0 Å². The summed E-state index contributed by atoms with van der Waals surface area (Å²) in [5, 5.41) is 3.05. The zero-order chi connectivity index (χ0) is 12.3. The first-order valence-corrected chi connectivity index (χ1v) is 6.78. The van der Waals surface area contributed by atoms with Crippen molar-refractivity contribution in [2.24, 2.45) is 11.7 Å². The second kappa shape index (κ2) is 5.78. The Bertz CT molecular complexity index is 303. The summed E-state index contributed by atoms with van der Waals surface area (Å²) in [4.78, 5) is 12.4. The van der Waals surface area contributed by atoms with Crippen molar-refractivity contribution in [3.05, 3.63) is 0 Å². The molecule has 2 aliphatic rings. The van der Waals surface area contributed by atoms with Gasteiger partial charge in [-0.1, -0.05) is 18.6 Å². The van der Waals surface area contributed by atoms with E-state index in [2.05, 4.69) is 5.32 Å². The molecular formula is C12H20N2O2S. The van der Waals surface area contributed by atoms with E-state index < -0.39 is 0 Å². The van der Waals surface area contributed by atoms with E-state index >= 15 is 0 Å². The lowest BCUT2D eigenvalue weighted by molar-refractivity contribution is -0.124. The summed E-state index contributed by atoms with van der Waals surface area (Å²) < 4.78 is 5.45. The van der Waals surface area contributed by atoms with Crippen LogP contribution in [0.4, 0.5) is 0 Å². The number of thiocarbonyl (C=S) groups is 1. The highest BCUT2D eigenvalue weighted by Gasteiger charge is 2.31. The molecule has 17 heavy (non-hydrogen) atoms. The Balaban J connectivity index is 1.79. The molecule has 4 nitrogen and oxygen atoms in total. The first-order chi connectivity index (χ1) is 8.16. The van der Waals surface area contributed by atoms with Crippen molar-refractivity contribution >= 4 is 23.1 Å². The number of amides is 1. The molecule has 1 heterocycles. The topological polar surface area (TPSA) is 64.3 Å². The summed E-state index contributed by atoms with van der Waals surface area (Å²) in [5.74, 6) is 0.253. The molecule has 1 saturated heterocycles. The van der Waals surface area contributed by atoms with Crippen molar-refractivity contribution in [3.8, 4) is 0 Å². The molecule has 3 atom stereocenters. The number of nitrogens with two attached hydrogens (primary N) is 1. The third-order valence-corrected chi connectivity index (χ3v) is 3.97. The molecular weight excluding hydrogens is 236 g/mol. The molecule has 0 aromatic rings. The smallest absolute Gasteiger partial charge is 0.222 e. The van der Waals surface area contributed by atoms with E-state index in [-0.39, 0.29) is 24.0 Å². The number of carbonyl (C=O) groups is 1. The summed E-state index contributed by atoms with van der Waals surface area (Å²) in [6.07, 6.45) is 5.72. The summed E-state index contributed by atoms with van der Waals surface area (Å²) in [7, 11) is 0. The van der Waals surface area contributed by atoms with Gasteiger partial charge in [0.2, 0.25) is 5.91 Å². The number of hydrogen-bond donors (Lipinski definition) is 2. The third-order valence-electron chi connectivity index (χ3n) is 3.66. The first-order valence-electron chi connectivity index (χ1n) is 6.37. The van der Waals surface area contributed by atoms with Crippen LogP contribution in [0.5, 0.6) is 0 Å². The lowest BCUT2D eigenvalue weighted by atomic mass is 10.0. The maximum atomic E-state index is 11.8. The van der Waals surface area contributed by atoms with Crippen LogP contribution >= 0.6 is 12.2 Å². The number of ether oxygens (including phenoxy) is 1. The van der Waals surface area contributed by atoms with Gasteiger partial charge in [0, 0.05) is 18.6 Å². The van der Waals surface area contributed by atoms with Gasteiger partial charge in [0.15, 0.2) is 0 Å². The van der Waals surface area contributed by atoms with E-state index in [1.807, 2.05) is 0 Å². The Hall–Kier alpha value is -0.680. The second-order valence-electron chi connectivity index (χ2n) is 4.95. The number of rotatable bonds is 4. The van der Waals surface area contributed by atoms with E-state index in [0.717, 1.165) is 38.7 Å². The zero-order valence-electron chi connectivity index (χ0n) is 9.98. The molecule has 3 N–H and O–H groups in total. The Labute approximate surface area is 107 Å². The summed E-state index contributed by atoms with van der Waals surface area (Å²) >= 11 is 5.03. The van der Waals surface area contributed by atoms with E-state index in [4.69, 9.17) is 22.7 Å². The number of carbonyl (C=O) groups excluding carboxylic acids is 1. The van der Waals surface area contributed by atoms with Crippen LogP contribution in [-0.4, -0.2) is 29.6 Å². The van der Waals surface area contributed by atoms with E-state index in [0.29, 0.717) is 11.4 Å². The average molecular weight is 256 g/mol. The number of hydrogen-bond acceptors (Lipinski definition) is 3. The minimum Gasteiger partial charge on any atom is -0.393 e. The van der Waals surface area contributed by atoms with Gasteiger partial charge in [0.1, 0.15) is 0 Å². The molecule has 1 aliphatic heterocycles. The normalized spacial score (nSPS) is 32.6. The Kier molecular flexibility index (Phi) is 4.34. The molecule has 3 unspecified atom stereocenters. The zero-order valence-corrected chi connectivity index (χ0v) is 10.8. The van der Waals surface area contributed by atoms with E-state index in [1.54, 1.807) is 0 Å². The molecule has 2 rings (SSSR count). The van der Waals surface area contributed by atoms with Crippen molar-refractivity contribution < 1.29 is 9.53 Å². The molecule has 96 valence electrons. The summed E-state index contributed by atoms with van der Waals surface area (Å²) in [6, 6.07) is 0.140. The highest BCUT2D eigenvalue weighted by atomic mass is 32.1. The lowest BCUT2D eigenvalue weighted by Gasteiger charge is -2.20. The summed E-state index contributed by atoms with van der Waals surface area (Å²) in [5.41, 5.74) is 5.68. The molecule has 0 aromatic heterocycles. The van der Waals surface area contributed by atoms with Crippen LogP contribution in [0, 0.1) is 5.92 Å². The van der Waals surface area contributed by atoms with Crippen molar-refractivity contribution in [3.63, 3.8) is 0 Å². The van der Waals surface area contributed by atoms with Gasteiger partial charge in [-0.25, -0.2) is 0 Å². The SMILES string of the molecule is NC(=S)C1CCCC1NC(=O)CC1CCCO1. The standard InChI is InChI=1S/C12H20N2O2S/c13-12(17)9-4-1-5-10(9)14-11(15)7-8-3-2-6-16-8/h8-10H,1-7H2,(H2,13,17)(H,14,15). The monoisotopic (exact) mass is 256 g/mol. The predicted molar refractivity (Wildman–Crippen MR) is 69.6 cm³/mol. The predicted octanol–water partition coefficient (Wildman–Crippen LogP) is 1.13. The van der Waals surface area contributed by atoms with Crippen LogP contribution in [0.15, 0.2) is 0 Å². The van der Waals surface area contributed by atoms with Gasteiger partial charge in [-0.05, 0) is 25.7 Å². The molecule has 5 heteroatoms. The van der Waals surface area contributed by atoms with Gasteiger partial charge in [-0.2, -0.15) is 0 Å². The summed E-state index contributed by atoms with van der Waals surface area (Å²) in [6.45, 7) is 0.789. The molecule has 2 fully saturated rings. The van der Waals surface area contributed by atoms with Crippen molar-refractivity contribution in [2.75, 3.05) is 6.61 Å². The molecule has 1 saturated carbocycles. The van der Waals surface area contributed by atoms with Gasteiger partial charge in [-0.3, -0.25) is 4.79 Å². The van der Waals surface area contributed by atoms with Gasteiger partial charge in [-0.15, -0.1) is 0 Å². The van der Waals surface area contributed by atoms with Crippen LogP contribution in [0.1, 0.15) is 38.5 Å². The van der Waals surface area contributed by atoms with Crippen LogP contribution in [-0.2, 0) is 9.53 Å².